The SMILES string of the molecule is CCC(Cc1ccc(C)c(O)c1)NC. The first-order chi connectivity index (χ1) is 6.67. The molecule has 0 amide bonds. The van der Waals surface area contributed by atoms with Gasteiger partial charge in [-0.15, -0.1) is 0 Å². The summed E-state index contributed by atoms with van der Waals surface area (Å²) in [4.78, 5) is 0. The first-order valence-electron chi connectivity index (χ1n) is 5.13. The fourth-order valence-corrected chi connectivity index (χ4v) is 1.52. The second-order valence-corrected chi connectivity index (χ2v) is 3.72. The lowest BCUT2D eigenvalue weighted by Crippen LogP contribution is -2.26. The van der Waals surface area contributed by atoms with Crippen LogP contribution in [0.25, 0.3) is 0 Å². The molecule has 0 saturated heterocycles. The Morgan fingerprint density at radius 1 is 1.43 bits per heavy atom. The van der Waals surface area contributed by atoms with E-state index in [0.717, 1.165) is 18.4 Å². The number of aromatic hydroxyl groups is 1. The Hall–Kier alpha value is -1.02. The van der Waals surface area contributed by atoms with Crippen LogP contribution in [0, 0.1) is 6.92 Å². The van der Waals surface area contributed by atoms with Gasteiger partial charge in [0, 0.05) is 6.04 Å². The van der Waals surface area contributed by atoms with E-state index in [-0.39, 0.29) is 0 Å². The first-order valence-corrected chi connectivity index (χ1v) is 5.13. The summed E-state index contributed by atoms with van der Waals surface area (Å²) in [5.74, 6) is 0.397. The average Bonchev–Trinajstić information content (AvgIpc) is 2.19. The van der Waals surface area contributed by atoms with Crippen LogP contribution in [0.1, 0.15) is 24.5 Å². The fourth-order valence-electron chi connectivity index (χ4n) is 1.52. The zero-order valence-corrected chi connectivity index (χ0v) is 9.17. The third-order valence-electron chi connectivity index (χ3n) is 2.66. The number of hydrogen-bond acceptors (Lipinski definition) is 2. The molecular weight excluding hydrogens is 174 g/mol. The van der Waals surface area contributed by atoms with E-state index < -0.39 is 0 Å². The molecule has 0 fully saturated rings. The molecule has 14 heavy (non-hydrogen) atoms. The van der Waals surface area contributed by atoms with Gasteiger partial charge >= 0.3 is 0 Å². The van der Waals surface area contributed by atoms with Gasteiger partial charge < -0.3 is 10.4 Å². The summed E-state index contributed by atoms with van der Waals surface area (Å²) in [5, 5.41) is 12.8. The second-order valence-electron chi connectivity index (χ2n) is 3.72. The van der Waals surface area contributed by atoms with Crippen LogP contribution < -0.4 is 5.32 Å². The Bertz CT molecular complexity index is 292. The van der Waals surface area contributed by atoms with Gasteiger partial charge in [0.2, 0.25) is 0 Å². The van der Waals surface area contributed by atoms with Crippen molar-refractivity contribution in [1.29, 1.82) is 0 Å². The molecule has 2 N–H and O–H groups in total. The molecule has 0 heterocycles. The van der Waals surface area contributed by atoms with Crippen molar-refractivity contribution in [1.82, 2.24) is 5.32 Å². The van der Waals surface area contributed by atoms with Crippen LogP contribution >= 0.6 is 0 Å². The summed E-state index contributed by atoms with van der Waals surface area (Å²) >= 11 is 0. The summed E-state index contributed by atoms with van der Waals surface area (Å²) in [6, 6.07) is 6.40. The summed E-state index contributed by atoms with van der Waals surface area (Å²) in [7, 11) is 1.97. The van der Waals surface area contributed by atoms with E-state index in [1.165, 1.54) is 5.56 Å². The summed E-state index contributed by atoms with van der Waals surface area (Å²) in [6.07, 6.45) is 2.08. The van der Waals surface area contributed by atoms with Crippen molar-refractivity contribution in [3.05, 3.63) is 29.3 Å². The van der Waals surface area contributed by atoms with Gasteiger partial charge in [-0.3, -0.25) is 0 Å². The molecule has 1 aromatic carbocycles. The van der Waals surface area contributed by atoms with Crippen LogP contribution in [0.15, 0.2) is 18.2 Å². The van der Waals surface area contributed by atoms with Crippen molar-refractivity contribution >= 4 is 0 Å². The highest BCUT2D eigenvalue weighted by Gasteiger charge is 2.05. The fraction of sp³-hybridized carbons (Fsp3) is 0.500. The van der Waals surface area contributed by atoms with Gasteiger partial charge in [0.1, 0.15) is 5.75 Å². The predicted octanol–water partition coefficient (Wildman–Crippen LogP) is 2.24. The van der Waals surface area contributed by atoms with Gasteiger partial charge in [0.25, 0.3) is 0 Å². The molecule has 2 nitrogen and oxygen atoms in total. The summed E-state index contributed by atoms with van der Waals surface area (Å²) in [5.41, 5.74) is 2.13. The van der Waals surface area contributed by atoms with E-state index in [1.54, 1.807) is 0 Å². The second kappa shape index (κ2) is 5.01. The van der Waals surface area contributed by atoms with E-state index in [4.69, 9.17) is 0 Å². The predicted molar refractivity (Wildman–Crippen MR) is 59.7 cm³/mol. The molecule has 0 aliphatic heterocycles. The molecule has 2 heteroatoms. The van der Waals surface area contributed by atoms with E-state index in [0.29, 0.717) is 11.8 Å². The van der Waals surface area contributed by atoms with Crippen molar-refractivity contribution in [3.8, 4) is 5.75 Å². The third-order valence-corrected chi connectivity index (χ3v) is 2.66. The van der Waals surface area contributed by atoms with Crippen molar-refractivity contribution in [3.63, 3.8) is 0 Å². The molecule has 78 valence electrons. The highest BCUT2D eigenvalue weighted by Crippen LogP contribution is 2.18. The van der Waals surface area contributed by atoms with E-state index in [9.17, 15) is 5.11 Å². The van der Waals surface area contributed by atoms with Crippen LogP contribution in [0.2, 0.25) is 0 Å². The zero-order valence-electron chi connectivity index (χ0n) is 9.17. The van der Waals surface area contributed by atoms with Gasteiger partial charge in [-0.2, -0.15) is 0 Å². The molecule has 1 rings (SSSR count). The quantitative estimate of drug-likeness (QED) is 0.768. The van der Waals surface area contributed by atoms with E-state index >= 15 is 0 Å². The number of aryl methyl sites for hydroxylation is 1. The molecular formula is C12H19NO. The number of benzene rings is 1. The van der Waals surface area contributed by atoms with Gasteiger partial charge in [-0.05, 0) is 44.0 Å². The summed E-state index contributed by atoms with van der Waals surface area (Å²) < 4.78 is 0. The Kier molecular flexibility index (Phi) is 3.96. The maximum absolute atomic E-state index is 9.54. The molecule has 0 spiro atoms. The Balaban J connectivity index is 2.72. The standard InChI is InChI=1S/C12H19NO/c1-4-11(13-3)7-10-6-5-9(2)12(14)8-10/h5-6,8,11,13-14H,4,7H2,1-3H3. The average molecular weight is 193 g/mol. The van der Waals surface area contributed by atoms with E-state index in [2.05, 4.69) is 18.3 Å². The van der Waals surface area contributed by atoms with Gasteiger partial charge in [-0.1, -0.05) is 19.1 Å². The lowest BCUT2D eigenvalue weighted by molar-refractivity contribution is 0.469. The minimum atomic E-state index is 0.397. The first kappa shape index (κ1) is 11.1. The number of nitrogens with one attached hydrogen (secondary N) is 1. The highest BCUT2D eigenvalue weighted by atomic mass is 16.3. The molecule has 1 unspecified atom stereocenters. The van der Waals surface area contributed by atoms with Crippen molar-refractivity contribution in [2.24, 2.45) is 0 Å². The molecule has 0 aromatic heterocycles. The monoisotopic (exact) mass is 193 g/mol. The molecule has 0 saturated carbocycles. The number of phenols is 1. The minimum absolute atomic E-state index is 0.397. The van der Waals surface area contributed by atoms with Crippen LogP contribution in [0.4, 0.5) is 0 Å². The number of hydrogen-bond donors (Lipinski definition) is 2. The van der Waals surface area contributed by atoms with Gasteiger partial charge in [0.05, 0.1) is 0 Å². The highest BCUT2D eigenvalue weighted by molar-refractivity contribution is 5.35. The zero-order chi connectivity index (χ0) is 10.6. The van der Waals surface area contributed by atoms with Crippen LogP contribution in [0.5, 0.6) is 5.75 Å². The van der Waals surface area contributed by atoms with Gasteiger partial charge in [-0.25, -0.2) is 0 Å². The van der Waals surface area contributed by atoms with Gasteiger partial charge in [0.15, 0.2) is 0 Å². The van der Waals surface area contributed by atoms with Crippen LogP contribution in [-0.2, 0) is 6.42 Å². The third kappa shape index (κ3) is 2.74. The molecule has 0 aliphatic carbocycles. The van der Waals surface area contributed by atoms with E-state index in [1.807, 2.05) is 26.1 Å². The molecule has 0 bridgehead atoms. The maximum Gasteiger partial charge on any atom is 0.118 e. The molecule has 0 aliphatic rings. The Morgan fingerprint density at radius 3 is 2.64 bits per heavy atom. The molecule has 1 aromatic rings. The smallest absolute Gasteiger partial charge is 0.118 e. The van der Waals surface area contributed by atoms with Crippen molar-refractivity contribution in [2.45, 2.75) is 32.7 Å². The Morgan fingerprint density at radius 2 is 2.14 bits per heavy atom. The lowest BCUT2D eigenvalue weighted by atomic mass is 10.0. The minimum Gasteiger partial charge on any atom is -0.508 e. The topological polar surface area (TPSA) is 32.3 Å². The molecule has 1 atom stereocenters. The normalized spacial score (nSPS) is 12.8. The van der Waals surface area contributed by atoms with Crippen molar-refractivity contribution < 1.29 is 5.11 Å². The number of likely N-dealkylation sites (N-methyl/N-ethyl adjacent to an activating group) is 1. The Labute approximate surface area is 86.0 Å². The maximum atomic E-state index is 9.54. The number of phenolic OH excluding ortho intramolecular Hbond substituents is 1. The lowest BCUT2D eigenvalue weighted by Gasteiger charge is -2.14. The number of rotatable bonds is 4. The molecule has 0 radical (unpaired) electrons. The summed E-state index contributed by atoms with van der Waals surface area (Å²) in [6.45, 7) is 4.07. The largest absolute Gasteiger partial charge is 0.508 e. The van der Waals surface area contributed by atoms with Crippen LogP contribution in [-0.4, -0.2) is 18.2 Å². The van der Waals surface area contributed by atoms with Crippen LogP contribution in [0.3, 0.4) is 0 Å². The van der Waals surface area contributed by atoms with Crippen molar-refractivity contribution in [2.75, 3.05) is 7.05 Å².